The van der Waals surface area contributed by atoms with Gasteiger partial charge >= 0.3 is 0 Å². The van der Waals surface area contributed by atoms with Crippen LogP contribution in [-0.2, 0) is 6.42 Å². The van der Waals surface area contributed by atoms with E-state index >= 15 is 0 Å². The Labute approximate surface area is 132 Å². The summed E-state index contributed by atoms with van der Waals surface area (Å²) in [7, 11) is 0. The fourth-order valence-electron chi connectivity index (χ4n) is 3.76. The van der Waals surface area contributed by atoms with Crippen LogP contribution in [0, 0.1) is 17.8 Å². The topological polar surface area (TPSA) is 20.2 Å². The highest BCUT2D eigenvalue weighted by Crippen LogP contribution is 2.43. The van der Waals surface area contributed by atoms with Crippen LogP contribution in [0.1, 0.15) is 45.6 Å². The number of rotatable bonds is 3. The first-order valence-corrected chi connectivity index (χ1v) is 8.23. The van der Waals surface area contributed by atoms with Crippen molar-refractivity contribution in [1.29, 1.82) is 0 Å². The lowest BCUT2D eigenvalue weighted by Gasteiger charge is -2.45. The molecule has 1 N–H and O–H groups in total. The molecule has 0 bridgehead atoms. The minimum absolute atomic E-state index is 0.328. The van der Waals surface area contributed by atoms with Crippen molar-refractivity contribution in [3.05, 3.63) is 33.8 Å². The molecule has 3 heteroatoms. The minimum atomic E-state index is -0.667. The van der Waals surface area contributed by atoms with E-state index in [-0.39, 0.29) is 0 Å². The lowest BCUT2D eigenvalue weighted by atomic mass is 9.65. The summed E-state index contributed by atoms with van der Waals surface area (Å²) >= 11 is 12.3. The fourth-order valence-corrected chi connectivity index (χ4v) is 4.13. The smallest absolute Gasteiger partial charge is 0.0721 e. The lowest BCUT2D eigenvalue weighted by molar-refractivity contribution is -0.0794. The molecular formula is C17H24Cl2O. The van der Waals surface area contributed by atoms with Crippen LogP contribution in [0.25, 0.3) is 0 Å². The van der Waals surface area contributed by atoms with Gasteiger partial charge in [-0.05, 0) is 54.4 Å². The lowest BCUT2D eigenvalue weighted by Crippen LogP contribution is -2.47. The van der Waals surface area contributed by atoms with E-state index in [9.17, 15) is 5.11 Å². The van der Waals surface area contributed by atoms with Crippen LogP contribution < -0.4 is 0 Å². The van der Waals surface area contributed by atoms with Gasteiger partial charge in [0.25, 0.3) is 0 Å². The van der Waals surface area contributed by atoms with E-state index in [1.54, 1.807) is 6.07 Å². The standard InChI is InChI=1S/C17H24Cl2O/c1-11(2)15-6-4-12(3)9-17(15,20)10-13-8-14(18)5-7-16(13)19/h5,7-8,11-12,15,20H,4,6,9-10H2,1-3H3. The maximum Gasteiger partial charge on any atom is 0.0721 e. The van der Waals surface area contributed by atoms with Crippen LogP contribution in [0.5, 0.6) is 0 Å². The molecule has 1 aromatic rings. The van der Waals surface area contributed by atoms with E-state index in [4.69, 9.17) is 23.2 Å². The summed E-state index contributed by atoms with van der Waals surface area (Å²) in [4.78, 5) is 0. The van der Waals surface area contributed by atoms with E-state index in [2.05, 4.69) is 20.8 Å². The second-order valence-corrected chi connectivity index (χ2v) is 7.60. The average molecular weight is 315 g/mol. The molecule has 1 aliphatic rings. The van der Waals surface area contributed by atoms with Crippen molar-refractivity contribution in [3.8, 4) is 0 Å². The molecule has 1 nitrogen and oxygen atoms in total. The maximum absolute atomic E-state index is 11.2. The normalized spacial score (nSPS) is 30.8. The van der Waals surface area contributed by atoms with Gasteiger partial charge in [0.15, 0.2) is 0 Å². The zero-order valence-electron chi connectivity index (χ0n) is 12.5. The molecule has 0 saturated heterocycles. The highest BCUT2D eigenvalue weighted by Gasteiger charge is 2.42. The Balaban J connectivity index is 2.28. The number of halogens is 2. The Morgan fingerprint density at radius 3 is 2.65 bits per heavy atom. The third-order valence-electron chi connectivity index (χ3n) is 4.67. The first-order valence-electron chi connectivity index (χ1n) is 7.48. The second kappa shape index (κ2) is 6.25. The van der Waals surface area contributed by atoms with Gasteiger partial charge in [-0.15, -0.1) is 0 Å². The molecule has 20 heavy (non-hydrogen) atoms. The van der Waals surface area contributed by atoms with Crippen LogP contribution in [0.3, 0.4) is 0 Å². The zero-order valence-corrected chi connectivity index (χ0v) is 14.0. The first-order chi connectivity index (χ1) is 9.32. The summed E-state index contributed by atoms with van der Waals surface area (Å²) in [5.41, 5.74) is 0.293. The third kappa shape index (κ3) is 3.50. The molecule has 0 aromatic heterocycles. The van der Waals surface area contributed by atoms with Crippen molar-refractivity contribution < 1.29 is 5.11 Å². The molecule has 1 saturated carbocycles. The van der Waals surface area contributed by atoms with E-state index in [0.29, 0.717) is 34.2 Å². The Morgan fingerprint density at radius 2 is 2.00 bits per heavy atom. The number of aliphatic hydroxyl groups is 1. The summed E-state index contributed by atoms with van der Waals surface area (Å²) < 4.78 is 0. The summed E-state index contributed by atoms with van der Waals surface area (Å²) in [5, 5.41) is 12.6. The second-order valence-electron chi connectivity index (χ2n) is 6.75. The highest BCUT2D eigenvalue weighted by molar-refractivity contribution is 6.33. The molecule has 3 atom stereocenters. The maximum atomic E-state index is 11.2. The summed E-state index contributed by atoms with van der Waals surface area (Å²) in [6.07, 6.45) is 3.74. The van der Waals surface area contributed by atoms with Crippen LogP contribution in [-0.4, -0.2) is 10.7 Å². The largest absolute Gasteiger partial charge is 0.389 e. The van der Waals surface area contributed by atoms with Gasteiger partial charge in [0.1, 0.15) is 0 Å². The van der Waals surface area contributed by atoms with Gasteiger partial charge in [0.05, 0.1) is 5.60 Å². The predicted octanol–water partition coefficient (Wildman–Crippen LogP) is 5.36. The van der Waals surface area contributed by atoms with Gasteiger partial charge in [-0.2, -0.15) is 0 Å². The molecule has 112 valence electrons. The Bertz CT molecular complexity index is 472. The van der Waals surface area contributed by atoms with Crippen LogP contribution >= 0.6 is 23.2 Å². The molecule has 0 spiro atoms. The summed E-state index contributed by atoms with van der Waals surface area (Å²) in [5.74, 6) is 1.37. The van der Waals surface area contributed by atoms with Gasteiger partial charge in [-0.25, -0.2) is 0 Å². The van der Waals surface area contributed by atoms with Crippen molar-refractivity contribution in [2.24, 2.45) is 17.8 Å². The summed E-state index contributed by atoms with van der Waals surface area (Å²) in [6, 6.07) is 5.50. The number of hydrogen-bond acceptors (Lipinski definition) is 1. The first kappa shape index (κ1) is 16.1. The van der Waals surface area contributed by atoms with E-state index < -0.39 is 5.60 Å². The van der Waals surface area contributed by atoms with Crippen molar-refractivity contribution in [3.63, 3.8) is 0 Å². The monoisotopic (exact) mass is 314 g/mol. The van der Waals surface area contributed by atoms with E-state index in [1.807, 2.05) is 12.1 Å². The van der Waals surface area contributed by atoms with Gasteiger partial charge in [0, 0.05) is 16.5 Å². The van der Waals surface area contributed by atoms with Crippen molar-refractivity contribution >= 4 is 23.2 Å². The van der Waals surface area contributed by atoms with Crippen molar-refractivity contribution in [1.82, 2.24) is 0 Å². The van der Waals surface area contributed by atoms with Gasteiger partial charge in [-0.3, -0.25) is 0 Å². The highest BCUT2D eigenvalue weighted by atomic mass is 35.5. The van der Waals surface area contributed by atoms with Gasteiger partial charge < -0.3 is 5.11 Å². The molecule has 0 radical (unpaired) electrons. The average Bonchev–Trinajstić information content (AvgIpc) is 2.32. The number of hydrogen-bond donors (Lipinski definition) is 1. The molecule has 0 aliphatic heterocycles. The molecule has 1 fully saturated rings. The SMILES string of the molecule is CC1CCC(C(C)C)C(O)(Cc2cc(Cl)ccc2Cl)C1. The number of benzene rings is 1. The van der Waals surface area contributed by atoms with Gasteiger partial charge in [0.2, 0.25) is 0 Å². The molecular weight excluding hydrogens is 291 g/mol. The van der Waals surface area contributed by atoms with Crippen molar-refractivity contribution in [2.45, 2.75) is 52.1 Å². The van der Waals surface area contributed by atoms with E-state index in [0.717, 1.165) is 18.4 Å². The minimum Gasteiger partial charge on any atom is -0.389 e. The van der Waals surface area contributed by atoms with E-state index in [1.165, 1.54) is 6.42 Å². The van der Waals surface area contributed by atoms with Crippen LogP contribution in [0.2, 0.25) is 10.0 Å². The zero-order chi connectivity index (χ0) is 14.9. The molecule has 2 rings (SSSR count). The Kier molecular flexibility index (Phi) is 5.05. The predicted molar refractivity (Wildman–Crippen MR) is 86.5 cm³/mol. The van der Waals surface area contributed by atoms with Crippen LogP contribution in [0.4, 0.5) is 0 Å². The quantitative estimate of drug-likeness (QED) is 0.796. The Hall–Kier alpha value is -0.240. The molecule has 3 unspecified atom stereocenters. The van der Waals surface area contributed by atoms with Gasteiger partial charge in [-0.1, -0.05) is 50.4 Å². The molecule has 1 aromatic carbocycles. The summed E-state index contributed by atoms with van der Waals surface area (Å²) in [6.45, 7) is 6.62. The van der Waals surface area contributed by atoms with Crippen LogP contribution in [0.15, 0.2) is 18.2 Å². The molecule has 1 aliphatic carbocycles. The molecule has 0 amide bonds. The van der Waals surface area contributed by atoms with Crippen molar-refractivity contribution in [2.75, 3.05) is 0 Å². The molecule has 0 heterocycles. The Morgan fingerprint density at radius 1 is 1.30 bits per heavy atom. The third-order valence-corrected chi connectivity index (χ3v) is 5.28. The fraction of sp³-hybridized carbons (Fsp3) is 0.647.